The zero-order valence-electron chi connectivity index (χ0n) is 21.4. The number of hydrogen-bond donors (Lipinski definition) is 0. The van der Waals surface area contributed by atoms with Crippen LogP contribution in [-0.4, -0.2) is 19.5 Å². The molecule has 0 atom stereocenters. The van der Waals surface area contributed by atoms with Gasteiger partial charge in [0.15, 0.2) is 5.82 Å². The fourth-order valence-corrected chi connectivity index (χ4v) is 6.51. The summed E-state index contributed by atoms with van der Waals surface area (Å²) in [6, 6.07) is 45.9. The summed E-state index contributed by atoms with van der Waals surface area (Å²) in [5.74, 6) is 1.53. The van der Waals surface area contributed by atoms with Crippen LogP contribution in [0.25, 0.3) is 71.1 Å². The van der Waals surface area contributed by atoms with Crippen molar-refractivity contribution in [2.45, 2.75) is 0 Å². The lowest BCUT2D eigenvalue weighted by molar-refractivity contribution is 1.05. The minimum absolute atomic E-state index is 0.698. The van der Waals surface area contributed by atoms with Crippen molar-refractivity contribution in [2.24, 2.45) is 0 Å². The van der Waals surface area contributed by atoms with Crippen LogP contribution in [0.4, 0.5) is 0 Å². The minimum atomic E-state index is 0.698. The number of benzene rings is 5. The zero-order chi connectivity index (χ0) is 26.5. The average molecular weight is 531 g/mol. The molecule has 0 fully saturated rings. The van der Waals surface area contributed by atoms with Gasteiger partial charge in [0, 0.05) is 33.5 Å². The summed E-state index contributed by atoms with van der Waals surface area (Å²) in [5, 5.41) is 3.39. The largest absolute Gasteiger partial charge is 0.292 e. The Morgan fingerprint density at radius 3 is 1.93 bits per heavy atom. The highest BCUT2D eigenvalue weighted by Gasteiger charge is 2.20. The van der Waals surface area contributed by atoms with Gasteiger partial charge in [0.2, 0.25) is 0 Å². The van der Waals surface area contributed by atoms with Crippen LogP contribution in [0.3, 0.4) is 0 Å². The molecule has 5 heteroatoms. The topological polar surface area (TPSA) is 43.6 Å². The van der Waals surface area contributed by atoms with Crippen LogP contribution in [0.2, 0.25) is 0 Å². The fraction of sp³-hybridized carbons (Fsp3) is 0. The second-order valence-corrected chi connectivity index (χ2v) is 10.7. The average Bonchev–Trinajstić information content (AvgIpc) is 3.62. The van der Waals surface area contributed by atoms with Crippen molar-refractivity contribution in [2.75, 3.05) is 0 Å². The highest BCUT2D eigenvalue weighted by molar-refractivity contribution is 7.22. The smallest absolute Gasteiger partial charge is 0.162 e. The van der Waals surface area contributed by atoms with Gasteiger partial charge in [-0.25, -0.2) is 15.0 Å². The quantitative estimate of drug-likeness (QED) is 0.228. The molecule has 4 nitrogen and oxygen atoms in total. The molecule has 0 N–H and O–H groups in total. The Bertz CT molecular complexity index is 2090. The SMILES string of the molecule is c1ccc(-c2cc(-n3c4ccccc4c4ccc5nc(-c6ccccc6)sc5c43)nc(-c3ccccc3)n2)cc1. The van der Waals surface area contributed by atoms with Gasteiger partial charge in [-0.1, -0.05) is 109 Å². The predicted molar refractivity (Wildman–Crippen MR) is 166 cm³/mol. The molecule has 0 saturated heterocycles. The van der Waals surface area contributed by atoms with E-state index in [1.165, 1.54) is 10.8 Å². The van der Waals surface area contributed by atoms with Gasteiger partial charge in [-0.05, 0) is 18.2 Å². The van der Waals surface area contributed by atoms with Crippen LogP contribution < -0.4 is 0 Å². The highest BCUT2D eigenvalue weighted by atomic mass is 32.1. The van der Waals surface area contributed by atoms with Crippen molar-refractivity contribution in [3.63, 3.8) is 0 Å². The molecule has 8 aromatic rings. The van der Waals surface area contributed by atoms with E-state index in [1.807, 2.05) is 42.5 Å². The third kappa shape index (κ3) is 3.71. The van der Waals surface area contributed by atoms with Gasteiger partial charge < -0.3 is 0 Å². The maximum Gasteiger partial charge on any atom is 0.162 e. The van der Waals surface area contributed by atoms with E-state index in [9.17, 15) is 0 Å². The number of aromatic nitrogens is 4. The molecule has 0 aliphatic carbocycles. The molecular weight excluding hydrogens is 508 g/mol. The minimum Gasteiger partial charge on any atom is -0.292 e. The number of thiazole rings is 1. The molecule has 0 saturated carbocycles. The second kappa shape index (κ2) is 9.26. The first kappa shape index (κ1) is 22.8. The molecule has 5 aromatic carbocycles. The van der Waals surface area contributed by atoms with Gasteiger partial charge in [0.1, 0.15) is 10.8 Å². The van der Waals surface area contributed by atoms with Crippen LogP contribution in [0, 0.1) is 0 Å². The summed E-state index contributed by atoms with van der Waals surface area (Å²) in [7, 11) is 0. The van der Waals surface area contributed by atoms with Crippen LogP contribution in [0.5, 0.6) is 0 Å². The normalized spacial score (nSPS) is 11.5. The monoisotopic (exact) mass is 530 g/mol. The summed E-state index contributed by atoms with van der Waals surface area (Å²) in [6.07, 6.45) is 0. The van der Waals surface area contributed by atoms with Crippen molar-refractivity contribution in [1.82, 2.24) is 19.5 Å². The van der Waals surface area contributed by atoms with Gasteiger partial charge in [-0.3, -0.25) is 4.57 Å². The molecule has 3 heterocycles. The molecule has 0 amide bonds. The molecule has 0 bridgehead atoms. The first-order valence-electron chi connectivity index (χ1n) is 13.2. The van der Waals surface area contributed by atoms with E-state index in [-0.39, 0.29) is 0 Å². The number of hydrogen-bond acceptors (Lipinski definition) is 4. The molecule has 40 heavy (non-hydrogen) atoms. The van der Waals surface area contributed by atoms with Gasteiger partial charge in [-0.2, -0.15) is 0 Å². The van der Waals surface area contributed by atoms with Gasteiger partial charge in [-0.15, -0.1) is 11.3 Å². The first-order valence-corrected chi connectivity index (χ1v) is 14.0. The Hall–Kier alpha value is -5.13. The van der Waals surface area contributed by atoms with Crippen molar-refractivity contribution < 1.29 is 0 Å². The van der Waals surface area contributed by atoms with Crippen LogP contribution in [-0.2, 0) is 0 Å². The third-order valence-electron chi connectivity index (χ3n) is 7.25. The zero-order valence-corrected chi connectivity index (χ0v) is 22.2. The Morgan fingerprint density at radius 1 is 0.525 bits per heavy atom. The van der Waals surface area contributed by atoms with E-state index in [2.05, 4.69) is 95.6 Å². The summed E-state index contributed by atoms with van der Waals surface area (Å²) < 4.78 is 3.44. The molecule has 0 unspecified atom stereocenters. The Morgan fingerprint density at radius 2 is 1.18 bits per heavy atom. The van der Waals surface area contributed by atoms with Crippen LogP contribution in [0.1, 0.15) is 0 Å². The number of para-hydroxylation sites is 1. The van der Waals surface area contributed by atoms with E-state index < -0.39 is 0 Å². The summed E-state index contributed by atoms with van der Waals surface area (Å²) in [6.45, 7) is 0. The number of rotatable bonds is 4. The van der Waals surface area contributed by atoms with Gasteiger partial charge >= 0.3 is 0 Å². The van der Waals surface area contributed by atoms with Crippen molar-refractivity contribution in [1.29, 1.82) is 0 Å². The molecule has 3 aromatic heterocycles. The molecule has 0 aliphatic heterocycles. The lowest BCUT2D eigenvalue weighted by Gasteiger charge is -2.12. The van der Waals surface area contributed by atoms with Crippen LogP contribution in [0.15, 0.2) is 133 Å². The molecule has 0 aliphatic rings. The number of fused-ring (bicyclic) bond motifs is 5. The Balaban J connectivity index is 1.47. The Kier molecular flexibility index (Phi) is 5.28. The lowest BCUT2D eigenvalue weighted by Crippen LogP contribution is -2.02. The van der Waals surface area contributed by atoms with Crippen molar-refractivity contribution in [3.8, 4) is 39.0 Å². The second-order valence-electron chi connectivity index (χ2n) is 9.71. The molecule has 8 rings (SSSR count). The fourth-order valence-electron chi connectivity index (χ4n) is 5.40. The van der Waals surface area contributed by atoms with E-state index in [1.54, 1.807) is 11.3 Å². The van der Waals surface area contributed by atoms with Crippen LogP contribution >= 0.6 is 11.3 Å². The molecular formula is C35H22N4S. The third-order valence-corrected chi connectivity index (χ3v) is 8.38. The summed E-state index contributed by atoms with van der Waals surface area (Å²) in [5.41, 5.74) is 7.26. The molecule has 0 radical (unpaired) electrons. The lowest BCUT2D eigenvalue weighted by atomic mass is 10.1. The first-order chi connectivity index (χ1) is 19.8. The number of nitrogens with zero attached hydrogens (tertiary/aromatic N) is 4. The maximum atomic E-state index is 5.18. The van der Waals surface area contributed by atoms with Crippen molar-refractivity contribution >= 4 is 43.4 Å². The van der Waals surface area contributed by atoms with Gasteiger partial charge in [0.05, 0.1) is 26.9 Å². The summed E-state index contributed by atoms with van der Waals surface area (Å²) >= 11 is 1.73. The van der Waals surface area contributed by atoms with E-state index in [0.29, 0.717) is 5.82 Å². The highest BCUT2D eigenvalue weighted by Crippen LogP contribution is 2.41. The standard InChI is InChI=1S/C35H22N4S/c1-4-12-23(13-5-1)29-22-31(38-34(36-29)24-14-6-2-7-15-24)39-30-19-11-10-18-26(30)27-20-21-28-33(32(27)39)40-35(37-28)25-16-8-3-9-17-25/h1-22H. The van der Waals surface area contributed by atoms with Gasteiger partial charge in [0.25, 0.3) is 0 Å². The van der Waals surface area contributed by atoms with E-state index in [4.69, 9.17) is 15.0 Å². The molecule has 0 spiro atoms. The summed E-state index contributed by atoms with van der Waals surface area (Å²) in [4.78, 5) is 15.2. The Labute approximate surface area is 234 Å². The molecule has 188 valence electrons. The van der Waals surface area contributed by atoms with Crippen molar-refractivity contribution in [3.05, 3.63) is 133 Å². The van der Waals surface area contributed by atoms with E-state index in [0.717, 1.165) is 54.5 Å². The maximum absolute atomic E-state index is 5.18. The predicted octanol–water partition coefficient (Wildman–Crippen LogP) is 9.18. The van der Waals surface area contributed by atoms with E-state index >= 15 is 0 Å².